The van der Waals surface area contributed by atoms with Crippen molar-refractivity contribution in [3.05, 3.63) is 59.1 Å². The van der Waals surface area contributed by atoms with Crippen LogP contribution in [-0.2, 0) is 4.79 Å². The normalized spacial score (nSPS) is 12.9. The monoisotopic (exact) mass is 329 g/mol. The molecule has 0 spiro atoms. The lowest BCUT2D eigenvalue weighted by Crippen LogP contribution is -2.23. The van der Waals surface area contributed by atoms with Crippen molar-refractivity contribution in [3.63, 3.8) is 0 Å². The Morgan fingerprint density at radius 3 is 2.60 bits per heavy atom. The Morgan fingerprint density at radius 2 is 1.88 bits per heavy atom. The van der Waals surface area contributed by atoms with E-state index in [4.69, 9.17) is 10.5 Å². The molecule has 1 aliphatic rings. The molecule has 6 nitrogen and oxygen atoms in total. The van der Waals surface area contributed by atoms with Gasteiger partial charge in [-0.15, -0.1) is 0 Å². The topological polar surface area (TPSA) is 109 Å². The number of primary amides is 1. The molecule has 1 amide bonds. The highest BCUT2D eigenvalue weighted by Crippen LogP contribution is 2.36. The van der Waals surface area contributed by atoms with Gasteiger partial charge in [-0.3, -0.25) is 4.79 Å². The number of aromatic hydroxyl groups is 1. The quantitative estimate of drug-likeness (QED) is 0.554. The van der Waals surface area contributed by atoms with Crippen molar-refractivity contribution in [1.29, 1.82) is 5.26 Å². The van der Waals surface area contributed by atoms with Crippen LogP contribution in [0.4, 0.5) is 5.69 Å². The van der Waals surface area contributed by atoms with Gasteiger partial charge in [0.1, 0.15) is 28.4 Å². The van der Waals surface area contributed by atoms with Crippen LogP contribution in [0, 0.1) is 11.3 Å². The van der Waals surface area contributed by atoms with Crippen molar-refractivity contribution >= 4 is 27.9 Å². The smallest absolute Gasteiger partial charge is 0.259 e. The number of nitrogens with zero attached hydrogens (tertiary/aromatic N) is 2. The molecule has 0 bridgehead atoms. The van der Waals surface area contributed by atoms with E-state index in [0.717, 1.165) is 5.39 Å². The van der Waals surface area contributed by atoms with Crippen LogP contribution >= 0.6 is 0 Å². The third kappa shape index (κ3) is 2.26. The second kappa shape index (κ2) is 5.35. The SMILES string of the molecule is N#CC(C(N)=O)=c1cc2c(c3ccccc13)=Nc1ccc(O)cc1O2. The zero-order valence-electron chi connectivity index (χ0n) is 12.9. The van der Waals surface area contributed by atoms with E-state index >= 15 is 0 Å². The van der Waals surface area contributed by atoms with Crippen molar-refractivity contribution in [2.75, 3.05) is 0 Å². The average Bonchev–Trinajstić information content (AvgIpc) is 2.60. The van der Waals surface area contributed by atoms with E-state index in [1.807, 2.05) is 24.3 Å². The maximum absolute atomic E-state index is 11.7. The Bertz CT molecular complexity index is 1220. The van der Waals surface area contributed by atoms with Crippen molar-refractivity contribution in [3.8, 4) is 23.3 Å². The van der Waals surface area contributed by atoms with Gasteiger partial charge < -0.3 is 15.6 Å². The maximum Gasteiger partial charge on any atom is 0.259 e. The number of carbonyl (C=O) groups is 1. The summed E-state index contributed by atoms with van der Waals surface area (Å²) in [6.07, 6.45) is 0. The van der Waals surface area contributed by atoms with Crippen LogP contribution in [0.15, 0.2) is 53.5 Å². The first kappa shape index (κ1) is 14.7. The number of rotatable bonds is 1. The molecule has 0 saturated heterocycles. The minimum atomic E-state index is -0.807. The Kier molecular flexibility index (Phi) is 3.15. The molecule has 3 N–H and O–H groups in total. The molecule has 1 heterocycles. The van der Waals surface area contributed by atoms with E-state index in [9.17, 15) is 15.2 Å². The van der Waals surface area contributed by atoms with Crippen LogP contribution < -0.4 is 21.0 Å². The van der Waals surface area contributed by atoms with Gasteiger partial charge in [0.15, 0.2) is 11.5 Å². The molecule has 4 rings (SSSR count). The molecule has 0 aromatic heterocycles. The number of amides is 1. The molecule has 0 atom stereocenters. The highest BCUT2D eigenvalue weighted by atomic mass is 16.5. The Labute approximate surface area is 141 Å². The molecule has 3 aromatic rings. The number of carbonyl (C=O) groups excluding carboxylic acids is 1. The number of benzene rings is 3. The molecule has 0 radical (unpaired) electrons. The number of phenols is 1. The first-order valence-corrected chi connectivity index (χ1v) is 7.44. The van der Waals surface area contributed by atoms with E-state index in [1.165, 1.54) is 12.1 Å². The number of nitrogens with two attached hydrogens (primary N) is 1. The molecule has 0 aliphatic carbocycles. The fourth-order valence-electron chi connectivity index (χ4n) is 2.90. The third-order valence-electron chi connectivity index (χ3n) is 4.00. The van der Waals surface area contributed by atoms with Gasteiger partial charge in [0.25, 0.3) is 5.91 Å². The lowest BCUT2D eigenvalue weighted by atomic mass is 10.0. The first-order chi connectivity index (χ1) is 12.1. The minimum Gasteiger partial charge on any atom is -0.508 e. The van der Waals surface area contributed by atoms with Crippen molar-refractivity contribution in [1.82, 2.24) is 0 Å². The second-order valence-corrected chi connectivity index (χ2v) is 5.53. The second-order valence-electron chi connectivity index (χ2n) is 5.53. The number of ether oxygens (including phenoxy) is 1. The summed E-state index contributed by atoms with van der Waals surface area (Å²) in [5.74, 6) is 0.0327. The lowest BCUT2D eigenvalue weighted by molar-refractivity contribution is -0.112. The highest BCUT2D eigenvalue weighted by molar-refractivity contribution is 6.19. The fraction of sp³-hybridized carbons (Fsp3) is 0. The highest BCUT2D eigenvalue weighted by Gasteiger charge is 2.17. The van der Waals surface area contributed by atoms with Gasteiger partial charge >= 0.3 is 0 Å². The summed E-state index contributed by atoms with van der Waals surface area (Å²) in [4.78, 5) is 16.3. The van der Waals surface area contributed by atoms with Gasteiger partial charge in [-0.2, -0.15) is 5.26 Å². The van der Waals surface area contributed by atoms with Gasteiger partial charge in [0.2, 0.25) is 0 Å². The number of hydrogen-bond donors (Lipinski definition) is 2. The number of fused-ring (bicyclic) bond motifs is 4. The standard InChI is InChI=1S/C19H11N3O3/c20-9-14(19(21)24)13-8-17-18(12-4-2-1-3-11(12)13)22-15-6-5-10(23)7-16(15)25-17/h1-8,23H,(H2,21,24). The molecule has 0 unspecified atom stereocenters. The Morgan fingerprint density at radius 1 is 1.12 bits per heavy atom. The van der Waals surface area contributed by atoms with Gasteiger partial charge in [-0.1, -0.05) is 24.3 Å². The van der Waals surface area contributed by atoms with E-state index in [-0.39, 0.29) is 11.3 Å². The Hall–Kier alpha value is -3.85. The van der Waals surface area contributed by atoms with E-state index in [0.29, 0.717) is 33.1 Å². The summed E-state index contributed by atoms with van der Waals surface area (Å²) in [7, 11) is 0. The van der Waals surface area contributed by atoms with Gasteiger partial charge in [-0.05, 0) is 23.6 Å². The molecule has 6 heteroatoms. The predicted octanol–water partition coefficient (Wildman–Crippen LogP) is 1.76. The van der Waals surface area contributed by atoms with Crippen LogP contribution in [0.2, 0.25) is 0 Å². The van der Waals surface area contributed by atoms with Crippen LogP contribution in [0.25, 0.3) is 16.3 Å². The summed E-state index contributed by atoms with van der Waals surface area (Å²) in [6, 6.07) is 15.4. The van der Waals surface area contributed by atoms with Gasteiger partial charge in [0, 0.05) is 16.7 Å². The largest absolute Gasteiger partial charge is 0.508 e. The number of phenolic OH excluding ortho intramolecular Hbond substituents is 1. The Balaban J connectivity index is 2.19. The van der Waals surface area contributed by atoms with Crippen LogP contribution in [-0.4, -0.2) is 11.0 Å². The predicted molar refractivity (Wildman–Crippen MR) is 90.8 cm³/mol. The molecule has 0 fully saturated rings. The number of nitriles is 1. The van der Waals surface area contributed by atoms with E-state index in [2.05, 4.69) is 4.99 Å². The number of hydrogen-bond acceptors (Lipinski definition) is 5. The average molecular weight is 329 g/mol. The molecular formula is C19H11N3O3. The van der Waals surface area contributed by atoms with Crippen molar-refractivity contribution < 1.29 is 14.6 Å². The first-order valence-electron chi connectivity index (χ1n) is 7.44. The lowest BCUT2D eigenvalue weighted by Gasteiger charge is -2.16. The summed E-state index contributed by atoms with van der Waals surface area (Å²) < 4.78 is 5.85. The maximum atomic E-state index is 11.7. The van der Waals surface area contributed by atoms with Crippen molar-refractivity contribution in [2.24, 2.45) is 10.7 Å². The molecule has 25 heavy (non-hydrogen) atoms. The van der Waals surface area contributed by atoms with Gasteiger partial charge in [0.05, 0.1) is 0 Å². The summed E-state index contributed by atoms with van der Waals surface area (Å²) in [5, 5.41) is 21.4. The molecule has 1 aliphatic heterocycles. The summed E-state index contributed by atoms with van der Waals surface area (Å²) in [6.45, 7) is 0. The zero-order valence-corrected chi connectivity index (χ0v) is 12.9. The fourth-order valence-corrected chi connectivity index (χ4v) is 2.90. The third-order valence-corrected chi connectivity index (χ3v) is 4.00. The van der Waals surface area contributed by atoms with Crippen LogP contribution in [0.3, 0.4) is 0 Å². The summed E-state index contributed by atoms with van der Waals surface area (Å²) >= 11 is 0. The minimum absolute atomic E-state index is 0.0554. The molecule has 120 valence electrons. The van der Waals surface area contributed by atoms with Gasteiger partial charge in [-0.25, -0.2) is 4.99 Å². The molecular weight excluding hydrogens is 318 g/mol. The molecule has 3 aromatic carbocycles. The van der Waals surface area contributed by atoms with E-state index < -0.39 is 5.91 Å². The molecule has 0 saturated carbocycles. The van der Waals surface area contributed by atoms with Crippen molar-refractivity contribution in [2.45, 2.75) is 0 Å². The zero-order chi connectivity index (χ0) is 17.6. The van der Waals surface area contributed by atoms with Crippen LogP contribution in [0.1, 0.15) is 0 Å². The van der Waals surface area contributed by atoms with Crippen LogP contribution in [0.5, 0.6) is 17.2 Å². The summed E-state index contributed by atoms with van der Waals surface area (Å²) in [5.41, 5.74) is 5.78. The van der Waals surface area contributed by atoms with E-state index in [1.54, 1.807) is 18.2 Å².